The zero-order chi connectivity index (χ0) is 24.4. The Kier molecular flexibility index (Phi) is 19.1. The predicted octanol–water partition coefficient (Wildman–Crippen LogP) is 1.93. The first-order chi connectivity index (χ1) is 15.3. The average molecular weight is 612 g/mol. The van der Waals surface area contributed by atoms with E-state index < -0.39 is 37.5 Å². The van der Waals surface area contributed by atoms with Crippen molar-refractivity contribution in [1.82, 2.24) is 0 Å². The summed E-state index contributed by atoms with van der Waals surface area (Å²) in [5.74, 6) is 0.621. The molecule has 0 aliphatic heterocycles. The van der Waals surface area contributed by atoms with Gasteiger partial charge in [0.25, 0.3) is 0 Å². The topological polar surface area (TPSA) is 135 Å². The molecule has 0 aromatic heterocycles. The van der Waals surface area contributed by atoms with Gasteiger partial charge in [0.1, 0.15) is 11.1 Å². The van der Waals surface area contributed by atoms with Crippen LogP contribution in [-0.4, -0.2) is 143 Å². The van der Waals surface area contributed by atoms with Crippen LogP contribution in [-0.2, 0) is 26.3 Å². The van der Waals surface area contributed by atoms with Crippen LogP contribution in [0.15, 0.2) is 66.7 Å². The average Bonchev–Trinajstić information content (AvgIpc) is 2.73. The molecule has 0 amide bonds. The summed E-state index contributed by atoms with van der Waals surface area (Å²) < 4.78 is 49.9. The van der Waals surface area contributed by atoms with Gasteiger partial charge in [0, 0.05) is 17.1 Å². The van der Waals surface area contributed by atoms with Crippen LogP contribution in [0.5, 0.6) is 5.75 Å². The molecular formula is C21H24F2Na4O7P2S. The summed E-state index contributed by atoms with van der Waals surface area (Å²) in [5, 5.41) is 9.24. The van der Waals surface area contributed by atoms with E-state index in [0.717, 1.165) is 23.3 Å². The standard InChI is InChI=1S/C21H20F2O7P2S.4Na.4H/c22-21(23,32(28,29)30)18-8-3-15(4-9-18)13-33-12-14-1-5-16(6-2-14)17-7-10-19(24)20(11-17)31(25,26)27;;;;;;;;/h1-11,24H,12-13H2,(H2,25,26,27)(H2,28,29,30);;;;;;;;. The Morgan fingerprint density at radius 1 is 0.703 bits per heavy atom. The summed E-state index contributed by atoms with van der Waals surface area (Å²) >= 11 is 1.51. The molecule has 5 N–H and O–H groups in total. The van der Waals surface area contributed by atoms with Crippen molar-refractivity contribution in [1.29, 1.82) is 0 Å². The van der Waals surface area contributed by atoms with Gasteiger partial charge in [-0.3, -0.25) is 9.13 Å². The van der Waals surface area contributed by atoms with Crippen molar-refractivity contribution in [2.75, 3.05) is 0 Å². The van der Waals surface area contributed by atoms with Gasteiger partial charge in [-0.05, 0) is 34.4 Å². The third kappa shape index (κ3) is 11.3. The number of phenols is 1. The molecule has 0 heterocycles. The van der Waals surface area contributed by atoms with E-state index in [2.05, 4.69) is 0 Å². The molecule has 16 heteroatoms. The van der Waals surface area contributed by atoms with Crippen LogP contribution in [0.25, 0.3) is 11.1 Å². The van der Waals surface area contributed by atoms with Crippen LogP contribution in [0.4, 0.5) is 8.78 Å². The molecule has 3 aromatic rings. The predicted molar refractivity (Wildman–Crippen MR) is 151 cm³/mol. The number of benzene rings is 3. The van der Waals surface area contributed by atoms with Crippen molar-refractivity contribution in [2.24, 2.45) is 0 Å². The summed E-state index contributed by atoms with van der Waals surface area (Å²) in [7, 11) is -10.2. The second-order valence-corrected chi connectivity index (χ2v) is 11.4. The van der Waals surface area contributed by atoms with E-state index in [-0.39, 0.29) is 118 Å². The van der Waals surface area contributed by atoms with Crippen molar-refractivity contribution in [3.05, 3.63) is 83.4 Å². The molecule has 0 saturated heterocycles. The van der Waals surface area contributed by atoms with E-state index in [0.29, 0.717) is 22.6 Å². The Morgan fingerprint density at radius 2 is 1.14 bits per heavy atom. The summed E-state index contributed by atoms with van der Waals surface area (Å²) in [6.07, 6.45) is 0. The van der Waals surface area contributed by atoms with Gasteiger partial charge in [0.15, 0.2) is 0 Å². The molecule has 0 unspecified atom stereocenters. The van der Waals surface area contributed by atoms with Crippen molar-refractivity contribution in [3.8, 4) is 16.9 Å². The Hall–Kier alpha value is 1.97. The second kappa shape index (κ2) is 17.2. The van der Waals surface area contributed by atoms with E-state index in [1.807, 2.05) is 12.1 Å². The molecule has 0 saturated carbocycles. The molecular weight excluding hydrogens is 588 g/mol. The van der Waals surface area contributed by atoms with Crippen LogP contribution in [0, 0.1) is 0 Å². The number of rotatable bonds is 8. The molecule has 0 radical (unpaired) electrons. The Morgan fingerprint density at radius 3 is 1.57 bits per heavy atom. The molecule has 3 rings (SSSR count). The van der Waals surface area contributed by atoms with Gasteiger partial charge in [0.2, 0.25) is 0 Å². The number of aromatic hydroxyl groups is 1. The van der Waals surface area contributed by atoms with Gasteiger partial charge >= 0.3 is 139 Å². The zero-order valence-electron chi connectivity index (χ0n) is 16.9. The molecule has 7 nitrogen and oxygen atoms in total. The molecule has 3 aromatic carbocycles. The maximum atomic E-state index is 13.7. The van der Waals surface area contributed by atoms with Crippen molar-refractivity contribution < 1.29 is 42.6 Å². The zero-order valence-corrected chi connectivity index (χ0v) is 19.5. The van der Waals surface area contributed by atoms with Crippen LogP contribution < -0.4 is 5.30 Å². The number of halogens is 2. The molecule has 0 bridgehead atoms. The summed E-state index contributed by atoms with van der Waals surface area (Å²) in [5.41, 5.74) is -2.04. The molecule has 37 heavy (non-hydrogen) atoms. The third-order valence-electron chi connectivity index (χ3n) is 4.78. The molecule has 0 aliphatic rings. The van der Waals surface area contributed by atoms with E-state index in [4.69, 9.17) is 9.79 Å². The van der Waals surface area contributed by atoms with Gasteiger partial charge in [-0.25, -0.2) is 0 Å². The van der Waals surface area contributed by atoms with Gasteiger partial charge in [-0.15, -0.1) is 0 Å². The number of alkyl halides is 2. The van der Waals surface area contributed by atoms with Gasteiger partial charge < -0.3 is 24.7 Å². The fourth-order valence-corrected chi connectivity index (χ4v) is 5.11. The first-order valence-electron chi connectivity index (χ1n) is 9.38. The number of phenolic OH excluding ortho intramolecular Hbond substituents is 1. The maximum absolute atomic E-state index is 13.7. The quantitative estimate of drug-likeness (QED) is 0.193. The minimum atomic E-state index is -5.60. The van der Waals surface area contributed by atoms with E-state index >= 15 is 0 Å². The molecule has 0 fully saturated rings. The molecule has 0 spiro atoms. The fraction of sp³-hybridized carbons (Fsp3) is 0.143. The molecule has 184 valence electrons. The Bertz CT molecular complexity index is 1240. The third-order valence-corrected chi connectivity index (χ3v) is 7.83. The van der Waals surface area contributed by atoms with E-state index in [9.17, 15) is 32.8 Å². The molecule has 0 atom stereocenters. The van der Waals surface area contributed by atoms with Crippen molar-refractivity contribution in [2.45, 2.75) is 17.2 Å². The van der Waals surface area contributed by atoms with Crippen LogP contribution in [0.1, 0.15) is 16.7 Å². The summed E-state index contributed by atoms with van der Waals surface area (Å²) in [4.78, 5) is 36.3. The Balaban J connectivity index is 0. The molecule has 0 aliphatic carbocycles. The normalized spacial score (nSPS) is 11.3. The van der Waals surface area contributed by atoms with Crippen LogP contribution >= 0.6 is 27.0 Å². The van der Waals surface area contributed by atoms with Gasteiger partial charge in [-0.1, -0.05) is 54.6 Å². The number of thioether (sulfide) groups is 1. The van der Waals surface area contributed by atoms with Crippen molar-refractivity contribution in [3.63, 3.8) is 0 Å². The second-order valence-electron chi connectivity index (χ2n) is 7.22. The van der Waals surface area contributed by atoms with Crippen molar-refractivity contribution >= 4 is 150 Å². The van der Waals surface area contributed by atoms with E-state index in [1.54, 1.807) is 18.2 Å². The van der Waals surface area contributed by atoms with Crippen LogP contribution in [0.2, 0.25) is 0 Å². The Labute approximate surface area is 306 Å². The fourth-order valence-electron chi connectivity index (χ4n) is 2.99. The first-order valence-corrected chi connectivity index (χ1v) is 13.8. The number of hydrogen-bond donors (Lipinski definition) is 5. The monoisotopic (exact) mass is 612 g/mol. The van der Waals surface area contributed by atoms with Crippen LogP contribution in [0.3, 0.4) is 0 Å². The van der Waals surface area contributed by atoms with E-state index in [1.165, 1.54) is 36.0 Å². The summed E-state index contributed by atoms with van der Waals surface area (Å²) in [6, 6.07) is 16.1. The SMILES string of the molecule is O=P(O)(O)c1cc(-c2ccc(CSCc3ccc(C(F)(F)P(=O)(O)O)cc3)cc2)ccc1O.[NaH].[NaH].[NaH].[NaH]. The summed E-state index contributed by atoms with van der Waals surface area (Å²) in [6.45, 7) is 0. The number of hydrogen-bond acceptors (Lipinski definition) is 4. The van der Waals surface area contributed by atoms with Gasteiger partial charge in [-0.2, -0.15) is 20.5 Å². The van der Waals surface area contributed by atoms with Gasteiger partial charge in [0.05, 0.1) is 0 Å². The first kappa shape index (κ1) is 41.1. The minimum absolute atomic E-state index is 0.